The van der Waals surface area contributed by atoms with Gasteiger partial charge in [-0.2, -0.15) is 0 Å². The fourth-order valence-electron chi connectivity index (χ4n) is 1.78. The second kappa shape index (κ2) is 13.0. The van der Waals surface area contributed by atoms with Crippen LogP contribution in [-0.4, -0.2) is 25.8 Å². The van der Waals surface area contributed by atoms with E-state index < -0.39 is 0 Å². The molecule has 0 heterocycles. The Bertz CT molecular complexity index is 128. The van der Waals surface area contributed by atoms with Gasteiger partial charge in [0.1, 0.15) is 0 Å². The molecule has 0 aliphatic carbocycles. The summed E-state index contributed by atoms with van der Waals surface area (Å²) in [6.07, 6.45) is 9.30. The molecule has 0 aromatic rings. The van der Waals surface area contributed by atoms with Crippen LogP contribution in [0.3, 0.4) is 0 Å². The van der Waals surface area contributed by atoms with Crippen molar-refractivity contribution < 1.29 is 4.74 Å². The molecule has 1 atom stereocenters. The quantitative estimate of drug-likeness (QED) is 0.515. The molecule has 0 aliphatic rings. The van der Waals surface area contributed by atoms with E-state index in [-0.39, 0.29) is 0 Å². The Labute approximate surface area is 102 Å². The summed E-state index contributed by atoms with van der Waals surface area (Å²) in [5.41, 5.74) is 0. The number of hydrogen-bond acceptors (Lipinski definition) is 2. The van der Waals surface area contributed by atoms with E-state index in [2.05, 4.69) is 26.1 Å². The van der Waals surface area contributed by atoms with Gasteiger partial charge in [-0.25, -0.2) is 0 Å². The first-order chi connectivity index (χ1) is 7.81. The number of ether oxygens (including phenoxy) is 1. The Balaban J connectivity index is 2.98. The first kappa shape index (κ1) is 15.9. The molecular formula is C14H31NO. The number of unbranched alkanes of at least 4 members (excludes halogenated alkanes) is 3. The molecule has 0 saturated carbocycles. The molecule has 0 spiro atoms. The molecule has 0 radical (unpaired) electrons. The minimum atomic E-state index is 0.455. The van der Waals surface area contributed by atoms with Crippen molar-refractivity contribution in [3.63, 3.8) is 0 Å². The van der Waals surface area contributed by atoms with Crippen molar-refractivity contribution in [3.05, 3.63) is 0 Å². The zero-order chi connectivity index (χ0) is 12.1. The van der Waals surface area contributed by atoms with Gasteiger partial charge >= 0.3 is 0 Å². The van der Waals surface area contributed by atoms with Gasteiger partial charge in [-0.15, -0.1) is 0 Å². The van der Waals surface area contributed by atoms with E-state index in [1.807, 2.05) is 0 Å². The molecule has 0 aromatic heterocycles. The second-order valence-corrected chi connectivity index (χ2v) is 4.63. The van der Waals surface area contributed by atoms with Crippen LogP contribution in [0.4, 0.5) is 0 Å². The Morgan fingerprint density at radius 2 is 1.69 bits per heavy atom. The number of hydrogen-bond donors (Lipinski definition) is 1. The molecular weight excluding hydrogens is 198 g/mol. The van der Waals surface area contributed by atoms with Crippen LogP contribution in [0.5, 0.6) is 0 Å². The predicted octanol–water partition coefficient (Wildman–Crippen LogP) is 3.75. The van der Waals surface area contributed by atoms with Crippen LogP contribution in [-0.2, 0) is 4.74 Å². The Hall–Kier alpha value is -0.0800. The lowest BCUT2D eigenvalue weighted by atomic mass is 10.2. The van der Waals surface area contributed by atoms with Crippen molar-refractivity contribution in [2.45, 2.75) is 71.8 Å². The maximum Gasteiger partial charge on any atom is 0.0546 e. The SMILES string of the molecule is CCCNCCCCCCOC(C)CCC. The summed E-state index contributed by atoms with van der Waals surface area (Å²) in [4.78, 5) is 0. The van der Waals surface area contributed by atoms with Gasteiger partial charge in [0.05, 0.1) is 6.10 Å². The lowest BCUT2D eigenvalue weighted by molar-refractivity contribution is 0.0570. The summed E-state index contributed by atoms with van der Waals surface area (Å²) in [5, 5.41) is 3.43. The molecule has 1 N–H and O–H groups in total. The van der Waals surface area contributed by atoms with Crippen LogP contribution in [0.2, 0.25) is 0 Å². The second-order valence-electron chi connectivity index (χ2n) is 4.63. The van der Waals surface area contributed by atoms with Crippen molar-refractivity contribution in [1.82, 2.24) is 5.32 Å². The topological polar surface area (TPSA) is 21.3 Å². The third-order valence-electron chi connectivity index (χ3n) is 2.77. The highest BCUT2D eigenvalue weighted by molar-refractivity contribution is 4.50. The van der Waals surface area contributed by atoms with Gasteiger partial charge in [0, 0.05) is 6.61 Å². The molecule has 98 valence electrons. The largest absolute Gasteiger partial charge is 0.379 e. The van der Waals surface area contributed by atoms with Crippen LogP contribution in [0.1, 0.15) is 65.7 Å². The highest BCUT2D eigenvalue weighted by atomic mass is 16.5. The van der Waals surface area contributed by atoms with Crippen molar-refractivity contribution in [2.24, 2.45) is 0 Å². The summed E-state index contributed by atoms with van der Waals surface area (Å²) in [5.74, 6) is 0. The van der Waals surface area contributed by atoms with Gasteiger partial charge in [-0.1, -0.05) is 33.1 Å². The summed E-state index contributed by atoms with van der Waals surface area (Å²) >= 11 is 0. The summed E-state index contributed by atoms with van der Waals surface area (Å²) < 4.78 is 5.71. The van der Waals surface area contributed by atoms with E-state index in [4.69, 9.17) is 4.74 Å². The van der Waals surface area contributed by atoms with Crippen molar-refractivity contribution in [1.29, 1.82) is 0 Å². The lowest BCUT2D eigenvalue weighted by Crippen LogP contribution is -2.15. The molecule has 0 rings (SSSR count). The van der Waals surface area contributed by atoms with Crippen LogP contribution in [0, 0.1) is 0 Å². The van der Waals surface area contributed by atoms with E-state index in [0.717, 1.165) is 13.2 Å². The van der Waals surface area contributed by atoms with Crippen molar-refractivity contribution >= 4 is 0 Å². The Morgan fingerprint density at radius 3 is 2.38 bits per heavy atom. The maximum absolute atomic E-state index is 5.71. The third-order valence-corrected chi connectivity index (χ3v) is 2.77. The fraction of sp³-hybridized carbons (Fsp3) is 1.00. The number of rotatable bonds is 12. The van der Waals surface area contributed by atoms with E-state index in [1.54, 1.807) is 0 Å². The smallest absolute Gasteiger partial charge is 0.0546 e. The van der Waals surface area contributed by atoms with E-state index in [1.165, 1.54) is 51.5 Å². The van der Waals surface area contributed by atoms with Crippen molar-refractivity contribution in [3.8, 4) is 0 Å². The molecule has 16 heavy (non-hydrogen) atoms. The highest BCUT2D eigenvalue weighted by Crippen LogP contribution is 2.04. The van der Waals surface area contributed by atoms with Crippen LogP contribution in [0.25, 0.3) is 0 Å². The average molecular weight is 229 g/mol. The van der Waals surface area contributed by atoms with E-state index in [0.29, 0.717) is 6.10 Å². The molecule has 0 saturated heterocycles. The van der Waals surface area contributed by atoms with Gasteiger partial charge in [-0.05, 0) is 45.7 Å². The maximum atomic E-state index is 5.71. The van der Waals surface area contributed by atoms with Gasteiger partial charge in [0.15, 0.2) is 0 Å². The van der Waals surface area contributed by atoms with E-state index >= 15 is 0 Å². The molecule has 0 amide bonds. The van der Waals surface area contributed by atoms with Gasteiger partial charge in [0.25, 0.3) is 0 Å². The zero-order valence-electron chi connectivity index (χ0n) is 11.6. The zero-order valence-corrected chi connectivity index (χ0v) is 11.6. The Morgan fingerprint density at radius 1 is 0.938 bits per heavy atom. The normalized spacial score (nSPS) is 12.9. The standard InChI is InChI=1S/C14H31NO/c1-4-10-14(3)16-13-9-7-6-8-12-15-11-5-2/h14-15H,4-13H2,1-3H3. The molecule has 0 bridgehead atoms. The Kier molecular flexibility index (Phi) is 12.9. The highest BCUT2D eigenvalue weighted by Gasteiger charge is 1.99. The average Bonchev–Trinajstić information content (AvgIpc) is 2.27. The lowest BCUT2D eigenvalue weighted by Gasteiger charge is -2.11. The summed E-state index contributed by atoms with van der Waals surface area (Å²) in [6.45, 7) is 9.89. The van der Waals surface area contributed by atoms with Gasteiger partial charge in [0.2, 0.25) is 0 Å². The minimum Gasteiger partial charge on any atom is -0.379 e. The van der Waals surface area contributed by atoms with Crippen LogP contribution < -0.4 is 5.32 Å². The first-order valence-electron chi connectivity index (χ1n) is 7.13. The third kappa shape index (κ3) is 12.0. The first-order valence-corrected chi connectivity index (χ1v) is 7.13. The molecule has 0 aliphatic heterocycles. The summed E-state index contributed by atoms with van der Waals surface area (Å²) in [7, 11) is 0. The molecule has 0 fully saturated rings. The van der Waals surface area contributed by atoms with Crippen LogP contribution in [0.15, 0.2) is 0 Å². The monoisotopic (exact) mass is 229 g/mol. The number of nitrogens with one attached hydrogen (secondary N) is 1. The van der Waals surface area contributed by atoms with Gasteiger partial charge in [-0.3, -0.25) is 0 Å². The molecule has 1 unspecified atom stereocenters. The molecule has 0 aromatic carbocycles. The van der Waals surface area contributed by atoms with E-state index in [9.17, 15) is 0 Å². The molecule has 2 heteroatoms. The minimum absolute atomic E-state index is 0.455. The van der Waals surface area contributed by atoms with Crippen molar-refractivity contribution in [2.75, 3.05) is 19.7 Å². The predicted molar refractivity (Wildman–Crippen MR) is 72.0 cm³/mol. The molecule has 2 nitrogen and oxygen atoms in total. The fourth-order valence-corrected chi connectivity index (χ4v) is 1.78. The summed E-state index contributed by atoms with van der Waals surface area (Å²) in [6, 6.07) is 0. The van der Waals surface area contributed by atoms with Gasteiger partial charge < -0.3 is 10.1 Å². The van der Waals surface area contributed by atoms with Crippen LogP contribution >= 0.6 is 0 Å².